The molecule has 16 nitrogen and oxygen atoms in total. The number of benzene rings is 5. The zero-order chi connectivity index (χ0) is 53.5. The minimum Gasteiger partial charge on any atom is -0.785 e. The Morgan fingerprint density at radius 2 is 1.43 bits per heavy atom. The van der Waals surface area contributed by atoms with Crippen LogP contribution in [0.3, 0.4) is 0 Å². The van der Waals surface area contributed by atoms with Gasteiger partial charge in [0.15, 0.2) is 35.0 Å². The highest BCUT2D eigenvalue weighted by molar-refractivity contribution is 8.76. The van der Waals surface area contributed by atoms with E-state index in [9.17, 15) is 19.9 Å². The fraction of sp³-hybridized carbons (Fsp3) is 0.390. The molecule has 5 aromatic rings. The first-order valence-electron chi connectivity index (χ1n) is 26.4. The maximum atomic E-state index is 14.1. The van der Waals surface area contributed by atoms with Gasteiger partial charge in [0.25, 0.3) is 5.91 Å². The highest BCUT2D eigenvalue weighted by atomic mass is 33.1. The van der Waals surface area contributed by atoms with E-state index in [-0.39, 0.29) is 43.0 Å². The van der Waals surface area contributed by atoms with Gasteiger partial charge in [-0.3, -0.25) is 24.5 Å². The SMILES string of the molecule is CNC(CCSSCCN([O-])CCCCCOc1cc(COc2cc3c(cc2OC)C(=O)N2c4ccccc4CC2C=N3)cc(COc2cc3c(cc2OC)C(O)N2c4ccccc4CC2C=N3)c1)C(=O)C1(N)CC=CC1. The number of hydrogen-bond acceptors (Lipinski definition) is 17. The predicted octanol–water partition coefficient (Wildman–Crippen LogP) is 9.61. The van der Waals surface area contributed by atoms with Gasteiger partial charge in [0.2, 0.25) is 0 Å². The van der Waals surface area contributed by atoms with E-state index in [0.29, 0.717) is 102 Å². The van der Waals surface area contributed by atoms with Gasteiger partial charge in [0, 0.05) is 65.8 Å². The van der Waals surface area contributed by atoms with Gasteiger partial charge in [0.1, 0.15) is 19.0 Å². The monoisotopic (exact) mass is 1080 g/mol. The third kappa shape index (κ3) is 12.0. The second-order valence-corrected chi connectivity index (χ2v) is 22.7. The van der Waals surface area contributed by atoms with Gasteiger partial charge in [-0.15, -0.1) is 0 Å². The minimum atomic E-state index is -0.943. The van der Waals surface area contributed by atoms with Crippen LogP contribution in [-0.4, -0.2) is 110 Å². The fourth-order valence-electron chi connectivity index (χ4n) is 10.8. The summed E-state index contributed by atoms with van der Waals surface area (Å²) in [6.45, 7) is 1.57. The molecule has 0 spiro atoms. The Balaban J connectivity index is 0.772. The van der Waals surface area contributed by atoms with Crippen molar-refractivity contribution in [3.63, 3.8) is 0 Å². The van der Waals surface area contributed by atoms with E-state index < -0.39 is 11.8 Å². The molecule has 0 fully saturated rings. The summed E-state index contributed by atoms with van der Waals surface area (Å²) in [5.41, 5.74) is 13.5. The Morgan fingerprint density at radius 1 is 0.792 bits per heavy atom. The van der Waals surface area contributed by atoms with Gasteiger partial charge in [-0.25, -0.2) is 0 Å². The van der Waals surface area contributed by atoms with E-state index >= 15 is 0 Å². The smallest absolute Gasteiger partial charge is 0.261 e. The number of amides is 1. The number of Topliss-reactive ketones (excluding diaryl/α,β-unsaturated/α-hetero) is 1. The lowest BCUT2D eigenvalue weighted by Crippen LogP contribution is -2.54. The number of nitrogens with one attached hydrogen (secondary N) is 1. The Bertz CT molecular complexity index is 3040. The lowest BCUT2D eigenvalue weighted by atomic mass is 9.87. The number of unbranched alkanes of at least 4 members (excludes halogenated alkanes) is 2. The summed E-state index contributed by atoms with van der Waals surface area (Å²) in [6, 6.07) is 28.4. The number of hydroxylamine groups is 2. The van der Waals surface area contributed by atoms with Crippen LogP contribution in [0.15, 0.2) is 113 Å². The molecule has 404 valence electrons. The van der Waals surface area contributed by atoms with Crippen molar-refractivity contribution in [3.05, 3.63) is 142 Å². The van der Waals surface area contributed by atoms with Crippen molar-refractivity contribution in [1.82, 2.24) is 10.4 Å². The Labute approximate surface area is 458 Å². The number of nitrogens with two attached hydrogens (primary N) is 1. The summed E-state index contributed by atoms with van der Waals surface area (Å²) in [4.78, 5) is 40.5. The van der Waals surface area contributed by atoms with Crippen LogP contribution in [0, 0.1) is 5.21 Å². The molecule has 1 aliphatic carbocycles. The largest absolute Gasteiger partial charge is 0.785 e. The van der Waals surface area contributed by atoms with Crippen molar-refractivity contribution in [3.8, 4) is 28.7 Å². The van der Waals surface area contributed by atoms with Crippen molar-refractivity contribution < 1.29 is 38.4 Å². The van der Waals surface area contributed by atoms with Gasteiger partial charge in [-0.2, -0.15) is 0 Å². The second kappa shape index (κ2) is 24.5. The summed E-state index contributed by atoms with van der Waals surface area (Å²) in [7, 11) is 8.26. The zero-order valence-electron chi connectivity index (χ0n) is 43.7. The average molecular weight is 1080 g/mol. The lowest BCUT2D eigenvalue weighted by Gasteiger charge is -2.29. The number of aliphatic imine (C=N–C) groups is 2. The molecule has 0 aromatic heterocycles. The molecule has 0 saturated heterocycles. The fourth-order valence-corrected chi connectivity index (χ4v) is 12.8. The number of likely N-dealkylation sites (N-methyl/N-ethyl adjacent to an activating group) is 1. The van der Waals surface area contributed by atoms with Crippen molar-refractivity contribution in [1.29, 1.82) is 0 Å². The number of aliphatic hydroxyl groups is 1. The van der Waals surface area contributed by atoms with Gasteiger partial charge >= 0.3 is 0 Å². The minimum absolute atomic E-state index is 0.0632. The van der Waals surface area contributed by atoms with Crippen molar-refractivity contribution in [2.75, 3.05) is 62.3 Å². The molecule has 77 heavy (non-hydrogen) atoms. The Hall–Kier alpha value is -6.38. The van der Waals surface area contributed by atoms with Crippen molar-refractivity contribution in [2.45, 2.75) is 94.5 Å². The number of ketones is 1. The molecule has 4 unspecified atom stereocenters. The lowest BCUT2D eigenvalue weighted by molar-refractivity contribution is -0.125. The average Bonchev–Trinajstić information content (AvgIpc) is 4.15. The number of hydrogen-bond donors (Lipinski definition) is 3. The molecule has 4 heterocycles. The van der Waals surface area contributed by atoms with Crippen LogP contribution in [0.1, 0.15) is 82.9 Å². The van der Waals surface area contributed by atoms with Crippen molar-refractivity contribution >= 4 is 68.5 Å². The van der Waals surface area contributed by atoms with Crippen LogP contribution in [-0.2, 0) is 30.8 Å². The molecule has 0 radical (unpaired) electrons. The molecule has 0 saturated carbocycles. The summed E-state index contributed by atoms with van der Waals surface area (Å²) in [5.74, 6) is 3.78. The van der Waals surface area contributed by atoms with Crippen LogP contribution in [0.25, 0.3) is 0 Å². The molecule has 4 atom stereocenters. The first kappa shape index (κ1) is 54.0. The van der Waals surface area contributed by atoms with E-state index in [4.69, 9.17) is 39.4 Å². The number of aliphatic hydroxyl groups excluding tert-OH is 1. The maximum absolute atomic E-state index is 14.1. The number of nitrogens with zero attached hydrogens (tertiary/aromatic N) is 5. The van der Waals surface area contributed by atoms with Crippen LogP contribution < -0.4 is 44.5 Å². The standard InChI is InChI=1S/C59H66N7O9S2/c1-61-47(56(67)59(60)18-9-10-19-59)17-23-76-77-24-21-64(70)20-11-4-12-22-73-44-26-38(36-74-54-32-48-45(30-52(54)71-2)57(68)65-42(34-62-48)28-40-13-5-7-15-50(40)65)25-39(27-44)37-75-55-33-49-46(31-53(55)72-3)58(69)66-43(35-63-49)29-41-14-6-8-16-51(41)66/h5-10,13-16,25-27,30-35,42-43,47,57,61,68H,4,11-12,17-24,28-29,36-37,60H2,1-3H3/q-1. The first-order valence-corrected chi connectivity index (χ1v) is 28.8. The number of fused-ring (bicyclic) bond motifs is 8. The molecule has 4 aliphatic heterocycles. The first-order chi connectivity index (χ1) is 37.5. The van der Waals surface area contributed by atoms with Gasteiger partial charge in [0.05, 0.1) is 61.4 Å². The van der Waals surface area contributed by atoms with E-state index in [1.165, 1.54) is 0 Å². The van der Waals surface area contributed by atoms with Crippen LogP contribution in [0.5, 0.6) is 28.7 Å². The molecule has 5 aromatic carbocycles. The summed E-state index contributed by atoms with van der Waals surface area (Å²) >= 11 is 0. The molecule has 18 heteroatoms. The number of anilines is 2. The highest BCUT2D eigenvalue weighted by Crippen LogP contribution is 2.46. The van der Waals surface area contributed by atoms with Crippen LogP contribution in [0.2, 0.25) is 0 Å². The zero-order valence-corrected chi connectivity index (χ0v) is 45.4. The van der Waals surface area contributed by atoms with Crippen LogP contribution in [0.4, 0.5) is 22.7 Å². The second-order valence-electron chi connectivity index (χ2n) is 20.0. The topological polar surface area (TPSA) is 196 Å². The molecule has 4 N–H and O–H groups in total. The molecular weight excluding hydrogens is 1010 g/mol. The Kier molecular flexibility index (Phi) is 17.2. The molecular formula is C59H66N7O9S2-. The number of carbonyl (C=O) groups excluding carboxylic acids is 2. The van der Waals surface area contributed by atoms with Crippen molar-refractivity contribution in [2.24, 2.45) is 15.7 Å². The molecule has 1 amide bonds. The quantitative estimate of drug-likeness (QED) is 0.0216. The number of para-hydroxylation sites is 2. The molecule has 0 bridgehead atoms. The number of carbonyl (C=O) groups is 2. The number of ether oxygens (including phenoxy) is 5. The van der Waals surface area contributed by atoms with E-state index in [0.717, 1.165) is 70.1 Å². The van der Waals surface area contributed by atoms with Crippen LogP contribution >= 0.6 is 21.6 Å². The normalized spacial score (nSPS) is 18.7. The molecule has 10 rings (SSSR count). The number of methoxy groups -OCH3 is 2. The van der Waals surface area contributed by atoms with Gasteiger partial charge < -0.3 is 55.0 Å². The highest BCUT2D eigenvalue weighted by Gasteiger charge is 2.40. The molecule has 5 aliphatic rings. The predicted molar refractivity (Wildman–Crippen MR) is 306 cm³/mol. The summed E-state index contributed by atoms with van der Waals surface area (Å²) in [5, 5.41) is 28.7. The van der Waals surface area contributed by atoms with E-state index in [2.05, 4.69) is 11.4 Å². The summed E-state index contributed by atoms with van der Waals surface area (Å²) < 4.78 is 31.0. The van der Waals surface area contributed by atoms with Gasteiger partial charge in [-0.05, 0) is 123 Å². The third-order valence-electron chi connectivity index (χ3n) is 14.8. The van der Waals surface area contributed by atoms with E-state index in [1.807, 2.05) is 96.2 Å². The summed E-state index contributed by atoms with van der Waals surface area (Å²) in [6.07, 6.45) is 12.3. The van der Waals surface area contributed by atoms with Gasteiger partial charge in [-0.1, -0.05) is 70.1 Å². The number of rotatable bonds is 25. The third-order valence-corrected chi connectivity index (χ3v) is 17.3. The maximum Gasteiger partial charge on any atom is 0.261 e. The van der Waals surface area contributed by atoms with E-state index in [1.54, 1.807) is 66.0 Å². The Morgan fingerprint density at radius 3 is 2.16 bits per heavy atom.